The maximum absolute atomic E-state index is 13.7. The second kappa shape index (κ2) is 9.10. The van der Waals surface area contributed by atoms with Gasteiger partial charge in [0.15, 0.2) is 0 Å². The van der Waals surface area contributed by atoms with Crippen molar-refractivity contribution in [3.8, 4) is 0 Å². The molecule has 194 valence electrons. The molecule has 2 aliphatic rings. The average Bonchev–Trinajstić information content (AvgIpc) is 3.42. The van der Waals surface area contributed by atoms with Crippen molar-refractivity contribution in [1.29, 1.82) is 0 Å². The van der Waals surface area contributed by atoms with Gasteiger partial charge in [0.25, 0.3) is 0 Å². The zero-order chi connectivity index (χ0) is 26.5. The number of carbonyl (C=O) groups excluding carboxylic acids is 2. The van der Waals surface area contributed by atoms with Gasteiger partial charge in [-0.25, -0.2) is 0 Å². The molecule has 2 aromatic rings. The van der Waals surface area contributed by atoms with E-state index >= 15 is 0 Å². The Morgan fingerprint density at radius 2 is 1.61 bits per heavy atom. The van der Waals surface area contributed by atoms with Crippen LogP contribution in [-0.4, -0.2) is 31.4 Å². The summed E-state index contributed by atoms with van der Waals surface area (Å²) in [4.78, 5) is 28.4. The van der Waals surface area contributed by atoms with Crippen LogP contribution in [0.4, 0.5) is 37.7 Å². The number of hydrogen-bond acceptors (Lipinski definition) is 3. The summed E-state index contributed by atoms with van der Waals surface area (Å²) in [5.41, 5.74) is -2.71. The fourth-order valence-corrected chi connectivity index (χ4v) is 5.25. The molecule has 2 saturated heterocycles. The molecule has 36 heavy (non-hydrogen) atoms. The molecule has 11 heteroatoms. The van der Waals surface area contributed by atoms with Gasteiger partial charge >= 0.3 is 12.4 Å². The molecule has 2 heterocycles. The highest BCUT2D eigenvalue weighted by Gasteiger charge is 2.55. The largest absolute Gasteiger partial charge is 0.416 e. The van der Waals surface area contributed by atoms with E-state index in [-0.39, 0.29) is 30.9 Å². The fraction of sp³-hybridized carbons (Fsp3) is 0.440. The maximum atomic E-state index is 13.7. The van der Waals surface area contributed by atoms with Crippen LogP contribution in [0, 0.1) is 25.2 Å². The Kier molecular flexibility index (Phi) is 6.57. The third-order valence-electron chi connectivity index (χ3n) is 7.06. The zero-order valence-corrected chi connectivity index (χ0v) is 19.6. The summed E-state index contributed by atoms with van der Waals surface area (Å²) < 4.78 is 79.9. The van der Waals surface area contributed by atoms with Gasteiger partial charge in [-0.2, -0.15) is 26.3 Å². The molecule has 2 N–H and O–H groups in total. The quantitative estimate of drug-likeness (QED) is 0.545. The Morgan fingerprint density at radius 1 is 1.03 bits per heavy atom. The highest BCUT2D eigenvalue weighted by molar-refractivity contribution is 6.06. The smallest absolute Gasteiger partial charge is 0.325 e. The Morgan fingerprint density at radius 3 is 2.11 bits per heavy atom. The SMILES string of the molecule is Cc1cccc(C)c1N1CC(C(=O)Nc2cc(C(F)(F)F)cc(C(F)(F)F)c2)(C2CCNC2)CC1=O. The van der Waals surface area contributed by atoms with E-state index in [1.165, 1.54) is 4.90 Å². The summed E-state index contributed by atoms with van der Waals surface area (Å²) in [5.74, 6) is -1.43. The molecular weight excluding hydrogens is 488 g/mol. The van der Waals surface area contributed by atoms with Gasteiger partial charge < -0.3 is 15.5 Å². The van der Waals surface area contributed by atoms with Crippen molar-refractivity contribution in [3.63, 3.8) is 0 Å². The first-order valence-electron chi connectivity index (χ1n) is 11.4. The normalized spacial score (nSPS) is 22.8. The van der Waals surface area contributed by atoms with E-state index < -0.39 is 40.5 Å². The minimum Gasteiger partial charge on any atom is -0.325 e. The van der Waals surface area contributed by atoms with Crippen LogP contribution >= 0.6 is 0 Å². The lowest BCUT2D eigenvalue weighted by Crippen LogP contribution is -2.45. The summed E-state index contributed by atoms with van der Waals surface area (Å²) in [6, 6.07) is 6.46. The summed E-state index contributed by atoms with van der Waals surface area (Å²) in [6.07, 6.45) is -9.76. The molecule has 0 aromatic heterocycles. The predicted octanol–water partition coefficient (Wildman–Crippen LogP) is 5.31. The fourth-order valence-electron chi connectivity index (χ4n) is 5.25. The van der Waals surface area contributed by atoms with Gasteiger partial charge in [0, 0.05) is 24.3 Å². The maximum Gasteiger partial charge on any atom is 0.416 e. The first-order valence-corrected chi connectivity index (χ1v) is 11.4. The molecule has 4 rings (SSSR count). The number of aryl methyl sites for hydroxylation is 2. The molecule has 0 bridgehead atoms. The van der Waals surface area contributed by atoms with Crippen LogP contribution in [0.5, 0.6) is 0 Å². The van der Waals surface area contributed by atoms with E-state index in [1.807, 2.05) is 32.0 Å². The van der Waals surface area contributed by atoms with Gasteiger partial charge in [-0.15, -0.1) is 0 Å². The third-order valence-corrected chi connectivity index (χ3v) is 7.06. The molecule has 2 aromatic carbocycles. The number of hydrogen-bond donors (Lipinski definition) is 2. The van der Waals surface area contributed by atoms with Crippen LogP contribution in [0.15, 0.2) is 36.4 Å². The molecular formula is C25H25F6N3O2. The van der Waals surface area contributed by atoms with Crippen molar-refractivity contribution >= 4 is 23.2 Å². The van der Waals surface area contributed by atoms with Crippen molar-refractivity contribution in [2.75, 3.05) is 29.9 Å². The number of nitrogens with zero attached hydrogens (tertiary/aromatic N) is 1. The predicted molar refractivity (Wildman–Crippen MR) is 121 cm³/mol. The number of alkyl halides is 6. The van der Waals surface area contributed by atoms with Gasteiger partial charge in [0.1, 0.15) is 0 Å². The van der Waals surface area contributed by atoms with Crippen LogP contribution in [-0.2, 0) is 21.9 Å². The topological polar surface area (TPSA) is 61.4 Å². The van der Waals surface area contributed by atoms with Crippen molar-refractivity contribution < 1.29 is 35.9 Å². The Labute approximate surface area is 203 Å². The highest BCUT2D eigenvalue weighted by Crippen LogP contribution is 2.46. The average molecular weight is 513 g/mol. The Balaban J connectivity index is 1.73. The first-order chi connectivity index (χ1) is 16.7. The lowest BCUT2D eigenvalue weighted by Gasteiger charge is -2.33. The van der Waals surface area contributed by atoms with Gasteiger partial charge in [0.05, 0.1) is 16.5 Å². The highest BCUT2D eigenvalue weighted by atomic mass is 19.4. The van der Waals surface area contributed by atoms with Gasteiger partial charge in [-0.05, 0) is 68.6 Å². The molecule has 2 amide bonds. The molecule has 2 unspecified atom stereocenters. The van der Waals surface area contributed by atoms with Crippen LogP contribution in [0.3, 0.4) is 0 Å². The molecule has 2 aliphatic heterocycles. The van der Waals surface area contributed by atoms with Crippen LogP contribution < -0.4 is 15.5 Å². The number of carbonyl (C=O) groups is 2. The number of para-hydroxylation sites is 1. The number of rotatable bonds is 4. The summed E-state index contributed by atoms with van der Waals surface area (Å²) in [7, 11) is 0. The molecule has 2 fully saturated rings. The van der Waals surface area contributed by atoms with Crippen LogP contribution in [0.2, 0.25) is 0 Å². The standard InChI is InChI=1S/C25H25F6N3O2/c1-14-4-3-5-15(2)21(14)34-13-23(11-20(34)35,16-6-7-32-12-16)22(36)33-19-9-17(24(26,27)28)8-18(10-19)25(29,30)31/h3-5,8-10,16,32H,6-7,11-13H2,1-2H3,(H,33,36). The van der Waals surface area contributed by atoms with Crippen molar-refractivity contribution in [3.05, 3.63) is 58.7 Å². The van der Waals surface area contributed by atoms with Gasteiger partial charge in [-0.1, -0.05) is 18.2 Å². The van der Waals surface area contributed by atoms with E-state index in [4.69, 9.17) is 0 Å². The number of benzene rings is 2. The number of nitrogens with one attached hydrogen (secondary N) is 2. The summed E-state index contributed by atoms with van der Waals surface area (Å²) >= 11 is 0. The third kappa shape index (κ3) is 4.80. The summed E-state index contributed by atoms with van der Waals surface area (Å²) in [5, 5.41) is 5.44. The van der Waals surface area contributed by atoms with E-state index in [0.29, 0.717) is 37.3 Å². The molecule has 0 radical (unpaired) electrons. The van der Waals surface area contributed by atoms with Gasteiger partial charge in [-0.3, -0.25) is 9.59 Å². The van der Waals surface area contributed by atoms with E-state index in [2.05, 4.69) is 10.6 Å². The van der Waals surface area contributed by atoms with E-state index in [0.717, 1.165) is 11.1 Å². The summed E-state index contributed by atoms with van der Waals surface area (Å²) in [6.45, 7) is 4.61. The molecule has 0 saturated carbocycles. The van der Waals surface area contributed by atoms with Crippen molar-refractivity contribution in [1.82, 2.24) is 5.32 Å². The second-order valence-corrected chi connectivity index (χ2v) is 9.49. The van der Waals surface area contributed by atoms with Crippen LogP contribution in [0.25, 0.3) is 0 Å². The molecule has 5 nitrogen and oxygen atoms in total. The van der Waals surface area contributed by atoms with Crippen LogP contribution in [0.1, 0.15) is 35.1 Å². The van der Waals surface area contributed by atoms with E-state index in [9.17, 15) is 35.9 Å². The van der Waals surface area contributed by atoms with Gasteiger partial charge in [0.2, 0.25) is 11.8 Å². The lowest BCUT2D eigenvalue weighted by atomic mass is 9.73. The van der Waals surface area contributed by atoms with E-state index in [1.54, 1.807) is 0 Å². The number of anilines is 2. The first kappa shape index (κ1) is 26.0. The molecule has 2 atom stereocenters. The number of halogens is 6. The van der Waals surface area contributed by atoms with Crippen molar-refractivity contribution in [2.24, 2.45) is 11.3 Å². The zero-order valence-electron chi connectivity index (χ0n) is 19.6. The second-order valence-electron chi connectivity index (χ2n) is 9.49. The number of amides is 2. The Hall–Kier alpha value is -3.08. The van der Waals surface area contributed by atoms with Crippen molar-refractivity contribution in [2.45, 2.75) is 39.0 Å². The monoisotopic (exact) mass is 513 g/mol. The Bertz CT molecular complexity index is 1130. The lowest BCUT2D eigenvalue weighted by molar-refractivity contribution is -0.143. The molecule has 0 aliphatic carbocycles. The minimum atomic E-state index is -5.05. The minimum absolute atomic E-state index is 0.00804. The molecule has 0 spiro atoms.